The molecule has 0 radical (unpaired) electrons. The van der Waals surface area contributed by atoms with Crippen LogP contribution in [-0.4, -0.2) is 31.1 Å². The van der Waals surface area contributed by atoms with Gasteiger partial charge in [0.2, 0.25) is 0 Å². The maximum absolute atomic E-state index is 12.0. The minimum atomic E-state index is -0.512. The van der Waals surface area contributed by atoms with Crippen molar-refractivity contribution in [3.63, 3.8) is 0 Å². The van der Waals surface area contributed by atoms with E-state index in [1.807, 2.05) is 0 Å². The van der Waals surface area contributed by atoms with Crippen molar-refractivity contribution in [1.29, 1.82) is 0 Å². The summed E-state index contributed by atoms with van der Waals surface area (Å²) in [7, 11) is 0. The topological polar surface area (TPSA) is 64.6 Å². The lowest BCUT2D eigenvalue weighted by Gasteiger charge is -2.12. The van der Waals surface area contributed by atoms with E-state index in [2.05, 4.69) is 19.2 Å². The van der Waals surface area contributed by atoms with Crippen LogP contribution >= 0.6 is 0 Å². The lowest BCUT2D eigenvalue weighted by atomic mass is 10.2. The molecular weight excluding hydrogens is 294 g/mol. The number of hydrogen-bond donors (Lipinski definition) is 1. The van der Waals surface area contributed by atoms with Gasteiger partial charge in [0.05, 0.1) is 12.2 Å². The molecule has 126 valence electrons. The van der Waals surface area contributed by atoms with Crippen molar-refractivity contribution in [3.8, 4) is 5.75 Å². The van der Waals surface area contributed by atoms with Crippen molar-refractivity contribution in [2.45, 2.75) is 45.6 Å². The Hall–Kier alpha value is -2.04. The zero-order chi connectivity index (χ0) is 16.7. The highest BCUT2D eigenvalue weighted by molar-refractivity contribution is 5.91. The van der Waals surface area contributed by atoms with Gasteiger partial charge in [-0.15, -0.1) is 0 Å². The van der Waals surface area contributed by atoms with Crippen molar-refractivity contribution in [3.05, 3.63) is 29.8 Å². The molecule has 1 N–H and O–H groups in total. The van der Waals surface area contributed by atoms with Gasteiger partial charge in [0.15, 0.2) is 6.61 Å². The predicted molar refractivity (Wildman–Crippen MR) is 87.5 cm³/mol. The minimum Gasteiger partial charge on any atom is -0.493 e. The summed E-state index contributed by atoms with van der Waals surface area (Å²) < 4.78 is 10.7. The quantitative estimate of drug-likeness (QED) is 0.785. The number of rotatable bonds is 7. The van der Waals surface area contributed by atoms with Gasteiger partial charge in [-0.3, -0.25) is 4.79 Å². The highest BCUT2D eigenvalue weighted by Gasteiger charge is 2.18. The third-order valence-corrected chi connectivity index (χ3v) is 3.71. The molecular formula is C18H25NO4. The van der Waals surface area contributed by atoms with Gasteiger partial charge in [0, 0.05) is 6.04 Å². The highest BCUT2D eigenvalue weighted by Crippen LogP contribution is 2.17. The molecule has 0 aliphatic heterocycles. The van der Waals surface area contributed by atoms with Crippen molar-refractivity contribution >= 4 is 11.9 Å². The van der Waals surface area contributed by atoms with Gasteiger partial charge < -0.3 is 14.8 Å². The molecule has 1 aliphatic carbocycles. The molecule has 1 amide bonds. The first-order valence-electron chi connectivity index (χ1n) is 8.24. The molecule has 1 aromatic rings. The predicted octanol–water partition coefficient (Wildman–Crippen LogP) is 2.94. The molecule has 5 heteroatoms. The van der Waals surface area contributed by atoms with Crippen LogP contribution in [0.4, 0.5) is 0 Å². The van der Waals surface area contributed by atoms with E-state index in [1.54, 1.807) is 24.3 Å². The maximum atomic E-state index is 12.0. The van der Waals surface area contributed by atoms with E-state index < -0.39 is 5.97 Å². The van der Waals surface area contributed by atoms with Gasteiger partial charge in [-0.2, -0.15) is 0 Å². The molecule has 5 nitrogen and oxygen atoms in total. The molecule has 0 atom stereocenters. The van der Waals surface area contributed by atoms with Crippen LogP contribution in [0.25, 0.3) is 0 Å². The van der Waals surface area contributed by atoms with Gasteiger partial charge in [0.25, 0.3) is 5.91 Å². The van der Waals surface area contributed by atoms with E-state index in [9.17, 15) is 9.59 Å². The number of esters is 1. The Kier molecular flexibility index (Phi) is 6.44. The second kappa shape index (κ2) is 8.56. The Labute approximate surface area is 137 Å². The largest absolute Gasteiger partial charge is 0.493 e. The maximum Gasteiger partial charge on any atom is 0.338 e. The monoisotopic (exact) mass is 319 g/mol. The molecule has 0 unspecified atom stereocenters. The van der Waals surface area contributed by atoms with Gasteiger partial charge in [-0.05, 0) is 37.0 Å². The summed E-state index contributed by atoms with van der Waals surface area (Å²) in [4.78, 5) is 23.8. The van der Waals surface area contributed by atoms with E-state index in [1.165, 1.54) is 0 Å². The zero-order valence-corrected chi connectivity index (χ0v) is 13.8. The van der Waals surface area contributed by atoms with Crippen LogP contribution in [0.5, 0.6) is 5.75 Å². The normalized spacial score (nSPS) is 14.7. The van der Waals surface area contributed by atoms with E-state index in [0.29, 0.717) is 23.8 Å². The standard InChI is InChI=1S/C18H25NO4/c1-13(2)11-22-16-9-5-6-14(10-16)18(21)23-12-17(20)19-15-7-3-4-8-15/h5-6,9-10,13,15H,3-4,7-8,11-12H2,1-2H3,(H,19,20). The molecule has 2 rings (SSSR count). The van der Waals surface area contributed by atoms with Crippen molar-refractivity contribution in [2.24, 2.45) is 5.92 Å². The number of nitrogens with one attached hydrogen (secondary N) is 1. The van der Waals surface area contributed by atoms with Gasteiger partial charge >= 0.3 is 5.97 Å². The Morgan fingerprint density at radius 3 is 2.70 bits per heavy atom. The Morgan fingerprint density at radius 1 is 1.26 bits per heavy atom. The van der Waals surface area contributed by atoms with Crippen LogP contribution in [0.15, 0.2) is 24.3 Å². The molecule has 1 fully saturated rings. The SMILES string of the molecule is CC(C)COc1cccc(C(=O)OCC(=O)NC2CCCC2)c1. The van der Waals surface area contributed by atoms with E-state index in [-0.39, 0.29) is 18.6 Å². The Balaban J connectivity index is 1.80. The number of carbonyl (C=O) groups excluding carboxylic acids is 2. The van der Waals surface area contributed by atoms with Crippen LogP contribution in [0, 0.1) is 5.92 Å². The molecule has 0 heterocycles. The average molecular weight is 319 g/mol. The molecule has 1 aliphatic rings. The lowest BCUT2D eigenvalue weighted by Crippen LogP contribution is -2.35. The number of ether oxygens (including phenoxy) is 2. The van der Waals surface area contributed by atoms with Crippen LogP contribution in [0.2, 0.25) is 0 Å². The van der Waals surface area contributed by atoms with Crippen LogP contribution in [-0.2, 0) is 9.53 Å². The smallest absolute Gasteiger partial charge is 0.338 e. The van der Waals surface area contributed by atoms with Crippen LogP contribution in [0.1, 0.15) is 49.9 Å². The summed E-state index contributed by atoms with van der Waals surface area (Å²) in [5, 5.41) is 2.89. The first kappa shape index (κ1) is 17.3. The summed E-state index contributed by atoms with van der Waals surface area (Å²) >= 11 is 0. The van der Waals surface area contributed by atoms with E-state index in [4.69, 9.17) is 9.47 Å². The van der Waals surface area contributed by atoms with Gasteiger partial charge in [-0.1, -0.05) is 32.8 Å². The summed E-state index contributed by atoms with van der Waals surface area (Å²) in [5.41, 5.74) is 0.389. The first-order valence-corrected chi connectivity index (χ1v) is 8.24. The summed E-state index contributed by atoms with van der Waals surface area (Å²) in [5.74, 6) is 0.285. The second-order valence-electron chi connectivity index (χ2n) is 6.36. The molecule has 0 saturated heterocycles. The van der Waals surface area contributed by atoms with Crippen LogP contribution < -0.4 is 10.1 Å². The Morgan fingerprint density at radius 2 is 2.00 bits per heavy atom. The third-order valence-electron chi connectivity index (χ3n) is 3.71. The fourth-order valence-electron chi connectivity index (χ4n) is 2.53. The van der Waals surface area contributed by atoms with Crippen LogP contribution in [0.3, 0.4) is 0 Å². The molecule has 0 spiro atoms. The lowest BCUT2D eigenvalue weighted by molar-refractivity contribution is -0.124. The second-order valence-corrected chi connectivity index (χ2v) is 6.36. The number of amides is 1. The summed E-state index contributed by atoms with van der Waals surface area (Å²) in [6, 6.07) is 7.06. The molecule has 0 bridgehead atoms. The van der Waals surface area contributed by atoms with Crippen molar-refractivity contribution < 1.29 is 19.1 Å². The number of carbonyl (C=O) groups is 2. The number of hydrogen-bond acceptors (Lipinski definition) is 4. The fourth-order valence-corrected chi connectivity index (χ4v) is 2.53. The van der Waals surface area contributed by atoms with Gasteiger partial charge in [-0.25, -0.2) is 4.79 Å². The molecule has 23 heavy (non-hydrogen) atoms. The first-order chi connectivity index (χ1) is 11.0. The highest BCUT2D eigenvalue weighted by atomic mass is 16.5. The van der Waals surface area contributed by atoms with Crippen molar-refractivity contribution in [2.75, 3.05) is 13.2 Å². The third kappa shape index (κ3) is 5.93. The fraction of sp³-hybridized carbons (Fsp3) is 0.556. The summed E-state index contributed by atoms with van der Waals surface area (Å²) in [6.07, 6.45) is 4.31. The molecule has 1 saturated carbocycles. The zero-order valence-electron chi connectivity index (χ0n) is 13.8. The number of benzene rings is 1. The average Bonchev–Trinajstić information content (AvgIpc) is 3.03. The van der Waals surface area contributed by atoms with E-state index in [0.717, 1.165) is 25.7 Å². The Bertz CT molecular complexity index is 536. The minimum absolute atomic E-state index is 0.231. The van der Waals surface area contributed by atoms with E-state index >= 15 is 0 Å². The molecule has 1 aromatic carbocycles. The molecule has 0 aromatic heterocycles. The van der Waals surface area contributed by atoms with Gasteiger partial charge in [0.1, 0.15) is 5.75 Å². The van der Waals surface area contributed by atoms with Crippen molar-refractivity contribution in [1.82, 2.24) is 5.32 Å². The summed E-state index contributed by atoms with van der Waals surface area (Å²) in [6.45, 7) is 4.46.